The summed E-state index contributed by atoms with van der Waals surface area (Å²) in [6.07, 6.45) is 0.740. The van der Waals surface area contributed by atoms with E-state index in [9.17, 15) is 18.0 Å². The zero-order chi connectivity index (χ0) is 27.5. The van der Waals surface area contributed by atoms with Crippen molar-refractivity contribution in [3.05, 3.63) is 53.5 Å². The number of alkyl halides is 3. The molecule has 0 atom stereocenters. The van der Waals surface area contributed by atoms with Gasteiger partial charge in [-0.3, -0.25) is 14.2 Å². The Bertz CT molecular complexity index is 1570. The zero-order valence-corrected chi connectivity index (χ0v) is 21.8. The summed E-state index contributed by atoms with van der Waals surface area (Å²) in [7, 11) is 5.04. The molecule has 0 bridgehead atoms. The summed E-state index contributed by atoms with van der Waals surface area (Å²) in [5, 5.41) is 12.5. The van der Waals surface area contributed by atoms with Gasteiger partial charge in [-0.05, 0) is 43.4 Å². The minimum atomic E-state index is -4.57. The van der Waals surface area contributed by atoms with Crippen molar-refractivity contribution in [2.24, 2.45) is 7.05 Å². The number of hydrogen-bond acceptors (Lipinski definition) is 6. The molecule has 6 rings (SSSR count). The van der Waals surface area contributed by atoms with Gasteiger partial charge in [0, 0.05) is 56.5 Å². The van der Waals surface area contributed by atoms with E-state index in [1.54, 1.807) is 25.2 Å². The third-order valence-electron chi connectivity index (χ3n) is 7.56. The Morgan fingerprint density at radius 3 is 2.56 bits per heavy atom. The number of fused-ring (bicyclic) bond motifs is 2. The van der Waals surface area contributed by atoms with Gasteiger partial charge in [-0.25, -0.2) is 4.98 Å². The molecule has 1 aromatic carbocycles. The van der Waals surface area contributed by atoms with Crippen molar-refractivity contribution in [3.8, 4) is 17.0 Å². The summed E-state index contributed by atoms with van der Waals surface area (Å²) < 4.78 is 49.0. The van der Waals surface area contributed by atoms with E-state index in [0.29, 0.717) is 43.6 Å². The van der Waals surface area contributed by atoms with Crippen LogP contribution in [0.15, 0.2) is 36.7 Å². The van der Waals surface area contributed by atoms with Crippen molar-refractivity contribution in [2.45, 2.75) is 50.6 Å². The van der Waals surface area contributed by atoms with Crippen LogP contribution in [0.3, 0.4) is 0 Å². The maximum absolute atomic E-state index is 13.4. The molecular formula is C27H28F3N7O2. The number of carbonyl (C=O) groups excluding carboxylic acids is 1. The van der Waals surface area contributed by atoms with Gasteiger partial charge in [0.25, 0.3) is 5.91 Å². The Hall–Kier alpha value is -4.09. The summed E-state index contributed by atoms with van der Waals surface area (Å²) >= 11 is 0. The molecule has 39 heavy (non-hydrogen) atoms. The number of rotatable bonds is 5. The van der Waals surface area contributed by atoms with Gasteiger partial charge in [0.1, 0.15) is 11.5 Å². The molecule has 3 aromatic heterocycles. The van der Waals surface area contributed by atoms with Crippen LogP contribution in [0.2, 0.25) is 0 Å². The summed E-state index contributed by atoms with van der Waals surface area (Å²) in [6, 6.07) is 7.81. The first-order chi connectivity index (χ1) is 18.6. The third-order valence-corrected chi connectivity index (χ3v) is 7.56. The zero-order valence-electron chi connectivity index (χ0n) is 21.8. The van der Waals surface area contributed by atoms with Crippen LogP contribution in [-0.4, -0.2) is 55.6 Å². The molecule has 1 N–H and O–H groups in total. The molecule has 0 saturated heterocycles. The van der Waals surface area contributed by atoms with Crippen LogP contribution >= 0.6 is 0 Å². The molecule has 1 saturated carbocycles. The molecule has 2 aliphatic rings. The van der Waals surface area contributed by atoms with E-state index >= 15 is 0 Å². The van der Waals surface area contributed by atoms with E-state index in [2.05, 4.69) is 15.4 Å². The highest BCUT2D eigenvalue weighted by Crippen LogP contribution is 2.40. The van der Waals surface area contributed by atoms with Gasteiger partial charge in [0.15, 0.2) is 5.75 Å². The van der Waals surface area contributed by atoms with Crippen molar-refractivity contribution < 1.29 is 22.7 Å². The highest BCUT2D eigenvalue weighted by Gasteiger charge is 2.39. The first kappa shape index (κ1) is 25.2. The van der Waals surface area contributed by atoms with Crippen molar-refractivity contribution in [2.75, 3.05) is 19.4 Å². The quantitative estimate of drug-likeness (QED) is 0.382. The van der Waals surface area contributed by atoms with Crippen molar-refractivity contribution in [1.82, 2.24) is 29.4 Å². The van der Waals surface area contributed by atoms with E-state index in [1.807, 2.05) is 28.9 Å². The number of ether oxygens (including phenoxy) is 1. The molecule has 4 heterocycles. The normalized spacial score (nSPS) is 19.5. The minimum Gasteiger partial charge on any atom is -0.486 e. The molecular weight excluding hydrogens is 511 g/mol. The van der Waals surface area contributed by atoms with Gasteiger partial charge in [-0.2, -0.15) is 23.4 Å². The fraction of sp³-hybridized carbons (Fsp3) is 0.407. The monoisotopic (exact) mass is 539 g/mol. The molecule has 0 spiro atoms. The Morgan fingerprint density at radius 2 is 1.85 bits per heavy atom. The second kappa shape index (κ2) is 9.28. The fourth-order valence-corrected chi connectivity index (χ4v) is 5.61. The van der Waals surface area contributed by atoms with Crippen molar-refractivity contribution >= 4 is 22.6 Å². The second-order valence-corrected chi connectivity index (χ2v) is 10.2. The van der Waals surface area contributed by atoms with Crippen LogP contribution < -0.4 is 10.1 Å². The number of amides is 1. The standard InChI is InChI=1S/C27H28F3N7O2/c1-31-23-11-21-20(12-32-23)24(15-4-9-19-16(10-15)13-35(2)26(19)38)33-37(21)17-5-7-18(8-6-17)39-22-14-36(3)34-25(22)27(28,29)30/h4,9-12,14,17-18H,5-8,13H2,1-3H3,(H,31,32)/t17-,18+. The number of carbonyl (C=O) groups is 1. The van der Waals surface area contributed by atoms with Gasteiger partial charge in [0.2, 0.25) is 5.69 Å². The number of aromatic nitrogens is 5. The number of hydrogen-bond donors (Lipinski definition) is 1. The van der Waals surface area contributed by atoms with Crippen LogP contribution in [0.1, 0.15) is 53.3 Å². The predicted molar refractivity (Wildman–Crippen MR) is 138 cm³/mol. The van der Waals surface area contributed by atoms with Gasteiger partial charge in [-0.1, -0.05) is 6.07 Å². The van der Waals surface area contributed by atoms with E-state index in [-0.39, 0.29) is 23.8 Å². The van der Waals surface area contributed by atoms with Gasteiger partial charge < -0.3 is 15.0 Å². The van der Waals surface area contributed by atoms with Gasteiger partial charge in [-0.15, -0.1) is 0 Å². The van der Waals surface area contributed by atoms with Crippen LogP contribution in [0.4, 0.5) is 19.0 Å². The molecule has 1 amide bonds. The number of pyridine rings is 1. The third kappa shape index (κ3) is 4.47. The summed E-state index contributed by atoms with van der Waals surface area (Å²) in [5.41, 5.74) is 3.30. The molecule has 0 radical (unpaired) electrons. The predicted octanol–water partition coefficient (Wildman–Crippen LogP) is 5.04. The average Bonchev–Trinajstić information content (AvgIpc) is 3.56. The molecule has 4 aromatic rings. The van der Waals surface area contributed by atoms with E-state index < -0.39 is 11.9 Å². The maximum atomic E-state index is 13.4. The first-order valence-electron chi connectivity index (χ1n) is 12.8. The Morgan fingerprint density at radius 1 is 1.08 bits per heavy atom. The molecule has 12 heteroatoms. The first-order valence-corrected chi connectivity index (χ1v) is 12.8. The van der Waals surface area contributed by atoms with Crippen LogP contribution in [-0.2, 0) is 19.8 Å². The Labute approximate surface area is 222 Å². The lowest BCUT2D eigenvalue weighted by molar-refractivity contribution is -0.143. The van der Waals surface area contributed by atoms with Crippen LogP contribution in [0.25, 0.3) is 22.2 Å². The Kier molecular flexibility index (Phi) is 6.00. The minimum absolute atomic E-state index is 0.0138. The van der Waals surface area contributed by atoms with Crippen molar-refractivity contribution in [1.29, 1.82) is 0 Å². The smallest absolute Gasteiger partial charge is 0.438 e. The highest BCUT2D eigenvalue weighted by atomic mass is 19.4. The summed E-state index contributed by atoms with van der Waals surface area (Å²) in [6.45, 7) is 0.555. The molecule has 204 valence electrons. The van der Waals surface area contributed by atoms with Crippen LogP contribution in [0, 0.1) is 0 Å². The largest absolute Gasteiger partial charge is 0.486 e. The Balaban J connectivity index is 1.28. The van der Waals surface area contributed by atoms with E-state index in [1.165, 1.54) is 13.2 Å². The lowest BCUT2D eigenvalue weighted by Gasteiger charge is -2.29. The number of anilines is 1. The molecule has 9 nitrogen and oxygen atoms in total. The molecule has 1 aliphatic carbocycles. The number of nitrogens with zero attached hydrogens (tertiary/aromatic N) is 6. The lowest BCUT2D eigenvalue weighted by Crippen LogP contribution is -2.27. The second-order valence-electron chi connectivity index (χ2n) is 10.2. The van der Waals surface area contributed by atoms with E-state index in [4.69, 9.17) is 9.84 Å². The maximum Gasteiger partial charge on any atom is 0.438 e. The average molecular weight is 540 g/mol. The number of aryl methyl sites for hydroxylation is 1. The number of benzene rings is 1. The topological polar surface area (TPSA) is 90.1 Å². The summed E-state index contributed by atoms with van der Waals surface area (Å²) in [5.74, 6) is 0.496. The summed E-state index contributed by atoms with van der Waals surface area (Å²) in [4.78, 5) is 18.6. The molecule has 0 unspecified atom stereocenters. The fourth-order valence-electron chi connectivity index (χ4n) is 5.61. The molecule has 1 aliphatic heterocycles. The number of nitrogens with one attached hydrogen (secondary N) is 1. The SMILES string of the molecule is CNc1cc2c(cn1)c(-c1ccc3c(c1)CN(C)C3=O)nn2[C@H]1CC[C@@H](Oc2cn(C)nc2C(F)(F)F)CC1. The van der Waals surface area contributed by atoms with Gasteiger partial charge in [0.05, 0.1) is 23.9 Å². The van der Waals surface area contributed by atoms with Crippen LogP contribution in [0.5, 0.6) is 5.75 Å². The lowest BCUT2D eigenvalue weighted by atomic mass is 9.93. The van der Waals surface area contributed by atoms with Gasteiger partial charge >= 0.3 is 6.18 Å². The van der Waals surface area contributed by atoms with Crippen molar-refractivity contribution in [3.63, 3.8) is 0 Å². The molecule has 1 fully saturated rings. The highest BCUT2D eigenvalue weighted by molar-refractivity contribution is 6.00. The van der Waals surface area contributed by atoms with E-state index in [0.717, 1.165) is 32.4 Å². The number of halogens is 3.